The third kappa shape index (κ3) is 3.03. The van der Waals surface area contributed by atoms with E-state index in [9.17, 15) is 9.59 Å². The van der Waals surface area contributed by atoms with E-state index in [1.165, 1.54) is 6.07 Å². The molecule has 0 aliphatic rings. The number of nitrogens with one attached hydrogen (secondary N) is 1. The first-order valence-electron chi connectivity index (χ1n) is 6.98. The Morgan fingerprint density at radius 2 is 1.86 bits per heavy atom. The number of amides is 1. The fourth-order valence-corrected chi connectivity index (χ4v) is 2.31. The Kier molecular flexibility index (Phi) is 3.96. The molecule has 2 aromatic heterocycles. The Morgan fingerprint density at radius 3 is 2.68 bits per heavy atom. The monoisotopic (exact) mass is 293 g/mol. The summed E-state index contributed by atoms with van der Waals surface area (Å²) in [5.74, 6) is -0.106. The predicted molar refractivity (Wildman–Crippen MR) is 84.3 cm³/mol. The summed E-state index contributed by atoms with van der Waals surface area (Å²) in [4.78, 5) is 27.8. The maximum absolute atomic E-state index is 12.1. The van der Waals surface area contributed by atoms with Crippen LogP contribution >= 0.6 is 0 Å². The molecule has 22 heavy (non-hydrogen) atoms. The summed E-state index contributed by atoms with van der Waals surface area (Å²) in [7, 11) is 0. The molecule has 0 aliphatic heterocycles. The van der Waals surface area contributed by atoms with Gasteiger partial charge in [-0.3, -0.25) is 14.6 Å². The van der Waals surface area contributed by atoms with Crippen LogP contribution < -0.4 is 10.7 Å². The van der Waals surface area contributed by atoms with Gasteiger partial charge < -0.3 is 9.88 Å². The second-order valence-corrected chi connectivity index (χ2v) is 4.96. The number of aromatic nitrogens is 2. The molecular weight excluding hydrogens is 278 g/mol. The molecule has 2 heterocycles. The van der Waals surface area contributed by atoms with E-state index in [0.717, 1.165) is 11.1 Å². The second kappa shape index (κ2) is 6.22. The lowest BCUT2D eigenvalue weighted by Crippen LogP contribution is -2.27. The molecule has 0 saturated heterocycles. The van der Waals surface area contributed by atoms with Gasteiger partial charge in [0.15, 0.2) is 5.43 Å². The summed E-state index contributed by atoms with van der Waals surface area (Å²) < 4.78 is 1.78. The average molecular weight is 293 g/mol. The molecule has 5 nitrogen and oxygen atoms in total. The Morgan fingerprint density at radius 1 is 1.09 bits per heavy atom. The van der Waals surface area contributed by atoms with Crippen LogP contribution in [0.5, 0.6) is 0 Å². The third-order valence-electron chi connectivity index (χ3n) is 3.44. The number of rotatable bonds is 4. The molecule has 0 fully saturated rings. The van der Waals surface area contributed by atoms with Crippen LogP contribution in [0.3, 0.4) is 0 Å². The second-order valence-electron chi connectivity index (χ2n) is 4.96. The Hall–Kier alpha value is -2.95. The van der Waals surface area contributed by atoms with Gasteiger partial charge in [0, 0.05) is 36.6 Å². The van der Waals surface area contributed by atoms with Crippen molar-refractivity contribution >= 4 is 16.8 Å². The van der Waals surface area contributed by atoms with Crippen LogP contribution in [0.2, 0.25) is 0 Å². The van der Waals surface area contributed by atoms with Crippen molar-refractivity contribution in [2.24, 2.45) is 0 Å². The number of nitrogens with zero attached hydrogens (tertiary/aromatic N) is 2. The Bertz CT molecular complexity index is 856. The van der Waals surface area contributed by atoms with E-state index in [-0.39, 0.29) is 17.9 Å². The highest BCUT2D eigenvalue weighted by molar-refractivity contribution is 5.82. The summed E-state index contributed by atoms with van der Waals surface area (Å²) in [6.07, 6.45) is 5.03. The fraction of sp³-hybridized carbons (Fsp3) is 0.118. The highest BCUT2D eigenvalue weighted by atomic mass is 16.2. The van der Waals surface area contributed by atoms with Crippen LogP contribution in [0.1, 0.15) is 5.56 Å². The molecule has 1 amide bonds. The topological polar surface area (TPSA) is 64.0 Å². The van der Waals surface area contributed by atoms with E-state index in [1.54, 1.807) is 29.2 Å². The van der Waals surface area contributed by atoms with Gasteiger partial charge in [-0.2, -0.15) is 0 Å². The normalized spacial score (nSPS) is 10.5. The number of carbonyl (C=O) groups is 1. The van der Waals surface area contributed by atoms with E-state index in [4.69, 9.17) is 0 Å². The van der Waals surface area contributed by atoms with Gasteiger partial charge in [-0.05, 0) is 29.8 Å². The van der Waals surface area contributed by atoms with Crippen molar-refractivity contribution in [3.63, 3.8) is 0 Å². The zero-order valence-electron chi connectivity index (χ0n) is 11.9. The third-order valence-corrected chi connectivity index (χ3v) is 3.44. The molecule has 0 spiro atoms. The van der Waals surface area contributed by atoms with E-state index >= 15 is 0 Å². The minimum atomic E-state index is -0.106. The molecule has 0 radical (unpaired) electrons. The molecule has 0 saturated carbocycles. The molecule has 0 unspecified atom stereocenters. The van der Waals surface area contributed by atoms with Gasteiger partial charge in [0.05, 0.1) is 5.52 Å². The summed E-state index contributed by atoms with van der Waals surface area (Å²) >= 11 is 0. The summed E-state index contributed by atoms with van der Waals surface area (Å²) in [6.45, 7) is 0.630. The predicted octanol–water partition coefficient (Wildman–Crippen LogP) is 1.71. The van der Waals surface area contributed by atoms with Crippen LogP contribution in [0, 0.1) is 0 Å². The first-order valence-corrected chi connectivity index (χ1v) is 6.98. The molecule has 0 aliphatic carbocycles. The van der Waals surface area contributed by atoms with Crippen molar-refractivity contribution in [1.82, 2.24) is 14.9 Å². The molecule has 1 N–H and O–H groups in total. The molecule has 0 bridgehead atoms. The molecule has 5 heteroatoms. The molecule has 3 aromatic rings. The maximum atomic E-state index is 12.1. The summed E-state index contributed by atoms with van der Waals surface area (Å²) in [6, 6.07) is 12.5. The number of benzene rings is 1. The minimum Gasteiger partial charge on any atom is -0.350 e. The van der Waals surface area contributed by atoms with Gasteiger partial charge in [0.1, 0.15) is 6.54 Å². The Balaban J connectivity index is 1.75. The van der Waals surface area contributed by atoms with E-state index < -0.39 is 0 Å². The van der Waals surface area contributed by atoms with Gasteiger partial charge in [-0.15, -0.1) is 0 Å². The molecule has 110 valence electrons. The molecular formula is C17H15N3O2. The fourth-order valence-electron chi connectivity index (χ4n) is 2.31. The Labute approximate surface area is 127 Å². The van der Waals surface area contributed by atoms with Crippen molar-refractivity contribution in [3.8, 4) is 0 Å². The van der Waals surface area contributed by atoms with Crippen molar-refractivity contribution in [1.29, 1.82) is 0 Å². The lowest BCUT2D eigenvalue weighted by molar-refractivity contribution is -0.121. The smallest absolute Gasteiger partial charge is 0.240 e. The van der Waals surface area contributed by atoms with Crippen molar-refractivity contribution in [2.75, 3.05) is 0 Å². The van der Waals surface area contributed by atoms with Gasteiger partial charge in [-0.25, -0.2) is 0 Å². The lowest BCUT2D eigenvalue weighted by atomic mass is 10.2. The van der Waals surface area contributed by atoms with Crippen LogP contribution in [0.25, 0.3) is 10.9 Å². The number of para-hydroxylation sites is 1. The van der Waals surface area contributed by atoms with E-state index in [2.05, 4.69) is 10.3 Å². The van der Waals surface area contributed by atoms with Crippen molar-refractivity contribution in [2.45, 2.75) is 13.1 Å². The zero-order valence-corrected chi connectivity index (χ0v) is 11.9. The minimum absolute atomic E-state index is 0.0379. The van der Waals surface area contributed by atoms with Gasteiger partial charge >= 0.3 is 0 Å². The maximum Gasteiger partial charge on any atom is 0.240 e. The zero-order chi connectivity index (χ0) is 15.4. The largest absolute Gasteiger partial charge is 0.350 e. The van der Waals surface area contributed by atoms with Gasteiger partial charge in [0.2, 0.25) is 5.91 Å². The summed E-state index contributed by atoms with van der Waals surface area (Å²) in [5.41, 5.74) is 1.71. The van der Waals surface area contributed by atoms with Crippen LogP contribution in [-0.2, 0) is 17.9 Å². The molecule has 3 rings (SSSR count). The van der Waals surface area contributed by atoms with Crippen LogP contribution in [0.4, 0.5) is 0 Å². The first kappa shape index (κ1) is 14.0. The number of pyridine rings is 2. The van der Waals surface area contributed by atoms with Gasteiger partial charge in [-0.1, -0.05) is 12.1 Å². The van der Waals surface area contributed by atoms with Crippen molar-refractivity contribution < 1.29 is 4.79 Å². The van der Waals surface area contributed by atoms with Crippen LogP contribution in [-0.4, -0.2) is 15.5 Å². The number of carbonyl (C=O) groups excluding carboxylic acids is 1. The van der Waals surface area contributed by atoms with E-state index in [1.807, 2.05) is 30.3 Å². The van der Waals surface area contributed by atoms with Gasteiger partial charge in [0.25, 0.3) is 0 Å². The summed E-state index contributed by atoms with van der Waals surface area (Å²) in [5, 5.41) is 3.48. The number of hydrogen-bond donors (Lipinski definition) is 1. The number of hydrogen-bond acceptors (Lipinski definition) is 3. The highest BCUT2D eigenvalue weighted by Gasteiger charge is 2.06. The first-order chi connectivity index (χ1) is 10.7. The number of fused-ring (bicyclic) bond motifs is 1. The molecule has 1 aromatic carbocycles. The SMILES string of the molecule is O=C(Cn1ccc(=O)c2ccccc21)NCc1ccncc1. The highest BCUT2D eigenvalue weighted by Crippen LogP contribution is 2.09. The van der Waals surface area contributed by atoms with Crippen molar-refractivity contribution in [3.05, 3.63) is 76.8 Å². The standard InChI is InChI=1S/C17H15N3O2/c21-16-7-10-20(15-4-2-1-3-14(15)16)12-17(22)19-11-13-5-8-18-9-6-13/h1-10H,11-12H2,(H,19,22). The lowest BCUT2D eigenvalue weighted by Gasteiger charge is -2.11. The quantitative estimate of drug-likeness (QED) is 0.796. The average Bonchev–Trinajstić information content (AvgIpc) is 2.57. The van der Waals surface area contributed by atoms with Crippen LogP contribution in [0.15, 0.2) is 65.8 Å². The van der Waals surface area contributed by atoms with E-state index in [0.29, 0.717) is 11.9 Å². The molecule has 0 atom stereocenters.